The van der Waals surface area contributed by atoms with E-state index in [1.807, 2.05) is 12.1 Å². The normalized spacial score (nSPS) is 19.7. The van der Waals surface area contributed by atoms with Crippen LogP contribution in [0.15, 0.2) is 24.3 Å². The summed E-state index contributed by atoms with van der Waals surface area (Å²) in [6, 6.07) is 10.1. The molecule has 0 bridgehead atoms. The number of hydrogen-bond acceptors (Lipinski definition) is 3. The monoisotopic (exact) mass is 243 g/mol. The van der Waals surface area contributed by atoms with Crippen LogP contribution in [0.25, 0.3) is 0 Å². The molecule has 1 aromatic carbocycles. The Hall–Kier alpha value is -1.53. The van der Waals surface area contributed by atoms with Gasteiger partial charge in [-0.3, -0.25) is 0 Å². The summed E-state index contributed by atoms with van der Waals surface area (Å²) in [6.45, 7) is 7.69. The van der Waals surface area contributed by atoms with Gasteiger partial charge in [-0.1, -0.05) is 0 Å². The zero-order valence-electron chi connectivity index (χ0n) is 11.2. The van der Waals surface area contributed by atoms with E-state index in [1.165, 1.54) is 18.5 Å². The van der Waals surface area contributed by atoms with Crippen molar-refractivity contribution in [2.24, 2.45) is 0 Å². The Morgan fingerprint density at radius 2 is 1.94 bits per heavy atom. The maximum absolute atomic E-state index is 8.83. The highest BCUT2D eigenvalue weighted by atomic mass is 15.2. The third-order valence-corrected chi connectivity index (χ3v) is 3.41. The third-order valence-electron chi connectivity index (χ3n) is 3.41. The predicted octanol–water partition coefficient (Wildman–Crippen LogP) is 2.53. The minimum Gasteiger partial charge on any atom is -0.370 e. The van der Waals surface area contributed by atoms with Gasteiger partial charge in [0.15, 0.2) is 0 Å². The zero-order valence-corrected chi connectivity index (χ0v) is 11.2. The van der Waals surface area contributed by atoms with Gasteiger partial charge in [0, 0.05) is 24.3 Å². The molecule has 2 rings (SSSR count). The second kappa shape index (κ2) is 5.41. The Morgan fingerprint density at radius 1 is 1.22 bits per heavy atom. The summed E-state index contributed by atoms with van der Waals surface area (Å²) in [7, 11) is 0. The highest BCUT2D eigenvalue weighted by molar-refractivity contribution is 5.50. The molecule has 96 valence electrons. The van der Waals surface area contributed by atoms with Crippen LogP contribution in [0.1, 0.15) is 32.3 Å². The topological polar surface area (TPSA) is 39.1 Å². The zero-order chi connectivity index (χ0) is 13.0. The molecule has 0 aliphatic carbocycles. The molecule has 1 aromatic rings. The van der Waals surface area contributed by atoms with Crippen LogP contribution in [0, 0.1) is 11.3 Å². The lowest BCUT2D eigenvalue weighted by atomic mass is 10.0. The number of anilines is 1. The third kappa shape index (κ3) is 3.24. The van der Waals surface area contributed by atoms with Crippen molar-refractivity contribution in [2.75, 3.05) is 24.5 Å². The molecule has 0 amide bonds. The molecule has 0 spiro atoms. The van der Waals surface area contributed by atoms with E-state index >= 15 is 0 Å². The first-order valence-electron chi connectivity index (χ1n) is 6.61. The molecular formula is C15H21N3. The summed E-state index contributed by atoms with van der Waals surface area (Å²) in [5.41, 5.74) is 2.07. The Balaban J connectivity index is 2.15. The van der Waals surface area contributed by atoms with Gasteiger partial charge < -0.3 is 10.2 Å². The SMILES string of the molecule is CC1(C)CN(c2ccc(C#N)cc2)CCCCN1. The van der Waals surface area contributed by atoms with Crippen molar-refractivity contribution in [1.29, 1.82) is 5.26 Å². The first kappa shape index (κ1) is 12.9. The van der Waals surface area contributed by atoms with E-state index in [0.717, 1.165) is 25.2 Å². The van der Waals surface area contributed by atoms with E-state index in [0.29, 0.717) is 0 Å². The van der Waals surface area contributed by atoms with Crippen LogP contribution in [0.5, 0.6) is 0 Å². The summed E-state index contributed by atoms with van der Waals surface area (Å²) < 4.78 is 0. The van der Waals surface area contributed by atoms with Gasteiger partial charge in [-0.15, -0.1) is 0 Å². The van der Waals surface area contributed by atoms with E-state index in [4.69, 9.17) is 5.26 Å². The number of benzene rings is 1. The molecule has 1 fully saturated rings. The van der Waals surface area contributed by atoms with Crippen LogP contribution < -0.4 is 10.2 Å². The van der Waals surface area contributed by atoms with Crippen LogP contribution in [-0.2, 0) is 0 Å². The van der Waals surface area contributed by atoms with Gasteiger partial charge in [-0.25, -0.2) is 0 Å². The Kier molecular flexibility index (Phi) is 3.88. The second-order valence-electron chi connectivity index (χ2n) is 5.60. The van der Waals surface area contributed by atoms with Crippen LogP contribution in [0.4, 0.5) is 5.69 Å². The molecular weight excluding hydrogens is 222 g/mol. The molecule has 0 unspecified atom stereocenters. The minimum absolute atomic E-state index is 0.133. The molecule has 1 N–H and O–H groups in total. The van der Waals surface area contributed by atoms with Crippen molar-refractivity contribution in [2.45, 2.75) is 32.2 Å². The molecule has 0 radical (unpaired) electrons. The maximum atomic E-state index is 8.83. The molecule has 0 saturated carbocycles. The van der Waals surface area contributed by atoms with Crippen LogP contribution in [0.3, 0.4) is 0 Å². The average molecular weight is 243 g/mol. The quantitative estimate of drug-likeness (QED) is 0.824. The molecule has 0 atom stereocenters. The summed E-state index contributed by atoms with van der Waals surface area (Å²) in [6.07, 6.45) is 2.43. The Bertz CT molecular complexity index is 428. The fraction of sp³-hybridized carbons (Fsp3) is 0.533. The Labute approximate surface area is 109 Å². The number of nitrogens with one attached hydrogen (secondary N) is 1. The van der Waals surface area contributed by atoms with Gasteiger partial charge in [-0.2, -0.15) is 5.26 Å². The van der Waals surface area contributed by atoms with Crippen LogP contribution in [0.2, 0.25) is 0 Å². The van der Waals surface area contributed by atoms with Crippen LogP contribution >= 0.6 is 0 Å². The summed E-state index contributed by atoms with van der Waals surface area (Å²) in [5, 5.41) is 12.4. The number of rotatable bonds is 1. The fourth-order valence-electron chi connectivity index (χ4n) is 2.43. The smallest absolute Gasteiger partial charge is 0.0991 e. The molecule has 0 aromatic heterocycles. The average Bonchev–Trinajstić information content (AvgIpc) is 2.34. The lowest BCUT2D eigenvalue weighted by Gasteiger charge is -2.37. The molecule has 1 saturated heterocycles. The first-order chi connectivity index (χ1) is 8.61. The van der Waals surface area contributed by atoms with Gasteiger partial charge in [0.1, 0.15) is 0 Å². The van der Waals surface area contributed by atoms with E-state index < -0.39 is 0 Å². The van der Waals surface area contributed by atoms with Gasteiger partial charge in [0.25, 0.3) is 0 Å². The van der Waals surface area contributed by atoms with E-state index in [1.54, 1.807) is 0 Å². The predicted molar refractivity (Wildman–Crippen MR) is 74.7 cm³/mol. The largest absolute Gasteiger partial charge is 0.370 e. The fourth-order valence-corrected chi connectivity index (χ4v) is 2.43. The van der Waals surface area contributed by atoms with Crippen molar-refractivity contribution < 1.29 is 0 Å². The Morgan fingerprint density at radius 3 is 2.61 bits per heavy atom. The lowest BCUT2D eigenvalue weighted by molar-refractivity contribution is 0.364. The van der Waals surface area contributed by atoms with Crippen molar-refractivity contribution >= 4 is 5.69 Å². The summed E-state index contributed by atoms with van der Waals surface area (Å²) in [4.78, 5) is 2.41. The van der Waals surface area contributed by atoms with E-state index in [2.05, 4.69) is 42.3 Å². The standard InChI is InChI=1S/C15H21N3/c1-15(2)12-18(10-4-3-9-17-15)14-7-5-13(11-16)6-8-14/h5-8,17H,3-4,9-10,12H2,1-2H3. The molecule has 18 heavy (non-hydrogen) atoms. The molecule has 1 aliphatic rings. The van der Waals surface area contributed by atoms with Gasteiger partial charge in [0.05, 0.1) is 11.6 Å². The van der Waals surface area contributed by atoms with Crippen molar-refractivity contribution in [3.8, 4) is 6.07 Å². The first-order valence-corrected chi connectivity index (χ1v) is 6.61. The molecule has 3 nitrogen and oxygen atoms in total. The second-order valence-corrected chi connectivity index (χ2v) is 5.60. The minimum atomic E-state index is 0.133. The van der Waals surface area contributed by atoms with Gasteiger partial charge in [0.2, 0.25) is 0 Å². The molecule has 1 heterocycles. The number of nitrogens with zero attached hydrogens (tertiary/aromatic N) is 2. The van der Waals surface area contributed by atoms with E-state index in [-0.39, 0.29) is 5.54 Å². The maximum Gasteiger partial charge on any atom is 0.0991 e. The van der Waals surface area contributed by atoms with Crippen molar-refractivity contribution in [1.82, 2.24) is 5.32 Å². The highest BCUT2D eigenvalue weighted by Gasteiger charge is 2.22. The highest BCUT2D eigenvalue weighted by Crippen LogP contribution is 2.20. The summed E-state index contributed by atoms with van der Waals surface area (Å²) in [5.74, 6) is 0. The van der Waals surface area contributed by atoms with E-state index in [9.17, 15) is 0 Å². The van der Waals surface area contributed by atoms with Crippen LogP contribution in [-0.4, -0.2) is 25.2 Å². The van der Waals surface area contributed by atoms with Crippen molar-refractivity contribution in [3.05, 3.63) is 29.8 Å². The molecule has 3 heteroatoms. The number of hydrogen-bond donors (Lipinski definition) is 1. The van der Waals surface area contributed by atoms with Gasteiger partial charge in [-0.05, 0) is 57.5 Å². The number of nitriles is 1. The summed E-state index contributed by atoms with van der Waals surface area (Å²) >= 11 is 0. The van der Waals surface area contributed by atoms with Crippen molar-refractivity contribution in [3.63, 3.8) is 0 Å². The lowest BCUT2D eigenvalue weighted by Crippen LogP contribution is -2.51. The molecule has 1 aliphatic heterocycles. The van der Waals surface area contributed by atoms with Gasteiger partial charge >= 0.3 is 0 Å².